The van der Waals surface area contributed by atoms with Gasteiger partial charge in [-0.25, -0.2) is 4.98 Å². The molecule has 20 heavy (non-hydrogen) atoms. The van der Waals surface area contributed by atoms with Crippen molar-refractivity contribution >= 4 is 21.6 Å². The molecule has 1 N–H and O–H groups in total. The van der Waals surface area contributed by atoms with Crippen LogP contribution in [-0.4, -0.2) is 17.1 Å². The summed E-state index contributed by atoms with van der Waals surface area (Å²) in [4.78, 5) is 21.3. The zero-order valence-corrected chi connectivity index (χ0v) is 12.1. The van der Waals surface area contributed by atoms with Crippen LogP contribution in [0.4, 0.5) is 0 Å². The first-order valence-electron chi connectivity index (χ1n) is 6.28. The number of aromatic nitrogens is 2. The number of aryl methyl sites for hydroxylation is 1. The number of hydrogen-bond donors (Lipinski definition) is 1. The number of H-pyrrole nitrogens is 1. The van der Waals surface area contributed by atoms with Crippen molar-refractivity contribution in [2.24, 2.45) is 0 Å². The number of aromatic amines is 1. The largest absolute Gasteiger partial charge is 0.497 e. The molecule has 0 aliphatic heterocycles. The van der Waals surface area contributed by atoms with E-state index in [9.17, 15) is 4.79 Å². The Kier molecular flexibility index (Phi) is 3.28. The zero-order valence-electron chi connectivity index (χ0n) is 11.3. The van der Waals surface area contributed by atoms with Crippen LogP contribution >= 0.6 is 11.3 Å². The van der Waals surface area contributed by atoms with E-state index in [2.05, 4.69) is 9.97 Å². The molecule has 5 heteroatoms. The maximum atomic E-state index is 12.0. The van der Waals surface area contributed by atoms with Gasteiger partial charge in [-0.2, -0.15) is 0 Å². The lowest BCUT2D eigenvalue weighted by atomic mass is 10.1. The standard InChI is InChI=1S/C15H14N2O2S/c1-9-7-12-14(18)16-13(17-15(12)20-9)8-10-3-5-11(19-2)6-4-10/h3-7H,8H2,1-2H3,(H,16,17,18). The SMILES string of the molecule is COc1ccc(Cc2nc3sc(C)cc3c(=O)[nH]2)cc1. The van der Waals surface area contributed by atoms with E-state index in [-0.39, 0.29) is 5.56 Å². The molecule has 0 aliphatic carbocycles. The number of benzene rings is 1. The van der Waals surface area contributed by atoms with Crippen molar-refractivity contribution in [3.8, 4) is 5.75 Å². The van der Waals surface area contributed by atoms with Gasteiger partial charge in [0.05, 0.1) is 12.5 Å². The van der Waals surface area contributed by atoms with Crippen LogP contribution < -0.4 is 10.3 Å². The molecule has 2 heterocycles. The van der Waals surface area contributed by atoms with Gasteiger partial charge in [-0.1, -0.05) is 12.1 Å². The third-order valence-electron chi connectivity index (χ3n) is 3.11. The fourth-order valence-corrected chi connectivity index (χ4v) is 3.02. The van der Waals surface area contributed by atoms with E-state index in [4.69, 9.17) is 4.74 Å². The molecule has 0 saturated heterocycles. The van der Waals surface area contributed by atoms with Crippen LogP contribution in [0.1, 0.15) is 16.3 Å². The number of ether oxygens (including phenoxy) is 1. The molecule has 3 rings (SSSR count). The monoisotopic (exact) mass is 286 g/mol. The van der Waals surface area contributed by atoms with Gasteiger partial charge >= 0.3 is 0 Å². The average molecular weight is 286 g/mol. The molecule has 0 saturated carbocycles. The molecule has 4 nitrogen and oxygen atoms in total. The fraction of sp³-hybridized carbons (Fsp3) is 0.200. The number of fused-ring (bicyclic) bond motifs is 1. The van der Waals surface area contributed by atoms with Gasteiger partial charge < -0.3 is 9.72 Å². The second-order valence-electron chi connectivity index (χ2n) is 4.61. The molecule has 0 fully saturated rings. The highest BCUT2D eigenvalue weighted by atomic mass is 32.1. The van der Waals surface area contributed by atoms with Gasteiger partial charge in [0.15, 0.2) is 0 Å². The number of methoxy groups -OCH3 is 1. The average Bonchev–Trinajstić information content (AvgIpc) is 2.81. The Hall–Kier alpha value is -2.14. The highest BCUT2D eigenvalue weighted by molar-refractivity contribution is 7.18. The Bertz CT molecular complexity index is 803. The van der Waals surface area contributed by atoms with E-state index in [0.29, 0.717) is 17.6 Å². The number of nitrogens with one attached hydrogen (secondary N) is 1. The lowest BCUT2D eigenvalue weighted by molar-refractivity contribution is 0.414. The molecule has 1 aromatic carbocycles. The molecule has 0 aliphatic rings. The summed E-state index contributed by atoms with van der Waals surface area (Å²) in [6.45, 7) is 1.98. The molecule has 0 bridgehead atoms. The van der Waals surface area contributed by atoms with Crippen molar-refractivity contribution in [2.45, 2.75) is 13.3 Å². The molecular weight excluding hydrogens is 272 g/mol. The summed E-state index contributed by atoms with van der Waals surface area (Å²) in [5.74, 6) is 1.51. The minimum atomic E-state index is -0.0668. The first kappa shape index (κ1) is 12.9. The highest BCUT2D eigenvalue weighted by Gasteiger charge is 2.07. The molecule has 2 aromatic heterocycles. The fourth-order valence-electron chi connectivity index (χ4n) is 2.12. The second-order valence-corrected chi connectivity index (χ2v) is 5.85. The van der Waals surface area contributed by atoms with Crippen LogP contribution in [0.2, 0.25) is 0 Å². The Balaban J connectivity index is 1.95. The second kappa shape index (κ2) is 5.09. The van der Waals surface area contributed by atoms with E-state index in [1.807, 2.05) is 37.3 Å². The van der Waals surface area contributed by atoms with Crippen LogP contribution in [0.5, 0.6) is 5.75 Å². The quantitative estimate of drug-likeness (QED) is 0.805. The lowest BCUT2D eigenvalue weighted by Crippen LogP contribution is -2.10. The van der Waals surface area contributed by atoms with Crippen molar-refractivity contribution in [3.63, 3.8) is 0 Å². The maximum absolute atomic E-state index is 12.0. The zero-order chi connectivity index (χ0) is 14.1. The number of thiophene rings is 1. The van der Waals surface area contributed by atoms with Gasteiger partial charge in [-0.15, -0.1) is 11.3 Å². The van der Waals surface area contributed by atoms with Crippen molar-refractivity contribution in [1.82, 2.24) is 9.97 Å². The summed E-state index contributed by atoms with van der Waals surface area (Å²) in [6, 6.07) is 9.64. The molecule has 3 aromatic rings. The van der Waals surface area contributed by atoms with Crippen LogP contribution in [0.3, 0.4) is 0 Å². The first-order valence-corrected chi connectivity index (χ1v) is 7.09. The molecule has 102 valence electrons. The smallest absolute Gasteiger partial charge is 0.259 e. The van der Waals surface area contributed by atoms with E-state index in [1.165, 1.54) is 0 Å². The number of hydrogen-bond acceptors (Lipinski definition) is 4. The summed E-state index contributed by atoms with van der Waals surface area (Å²) in [5, 5.41) is 0.672. The van der Waals surface area contributed by atoms with Crippen molar-refractivity contribution < 1.29 is 4.74 Å². The third kappa shape index (κ3) is 2.44. The van der Waals surface area contributed by atoms with Gasteiger partial charge in [0.2, 0.25) is 0 Å². The van der Waals surface area contributed by atoms with Crippen LogP contribution in [0.15, 0.2) is 35.1 Å². The van der Waals surface area contributed by atoms with Crippen molar-refractivity contribution in [2.75, 3.05) is 7.11 Å². The molecule has 0 atom stereocenters. The predicted octanol–water partition coefficient (Wildman–Crippen LogP) is 2.89. The van der Waals surface area contributed by atoms with E-state index < -0.39 is 0 Å². The van der Waals surface area contributed by atoms with E-state index >= 15 is 0 Å². The Labute approximate surface area is 120 Å². The van der Waals surface area contributed by atoms with Crippen LogP contribution in [0.25, 0.3) is 10.2 Å². The van der Waals surface area contributed by atoms with Crippen molar-refractivity contribution in [1.29, 1.82) is 0 Å². The van der Waals surface area contributed by atoms with Crippen molar-refractivity contribution in [3.05, 3.63) is 57.0 Å². The summed E-state index contributed by atoms with van der Waals surface area (Å²) in [5.41, 5.74) is 1.02. The summed E-state index contributed by atoms with van der Waals surface area (Å²) >= 11 is 1.55. The Morgan fingerprint density at radius 1 is 1.30 bits per heavy atom. The molecule has 0 spiro atoms. The molecule has 0 radical (unpaired) electrons. The van der Waals surface area contributed by atoms with Gasteiger partial charge in [0.1, 0.15) is 16.4 Å². The third-order valence-corrected chi connectivity index (χ3v) is 4.05. The lowest BCUT2D eigenvalue weighted by Gasteiger charge is -2.03. The predicted molar refractivity (Wildman–Crippen MR) is 80.8 cm³/mol. The maximum Gasteiger partial charge on any atom is 0.259 e. The molecule has 0 amide bonds. The highest BCUT2D eigenvalue weighted by Crippen LogP contribution is 2.20. The Morgan fingerprint density at radius 3 is 2.75 bits per heavy atom. The topological polar surface area (TPSA) is 55.0 Å². The van der Waals surface area contributed by atoms with Crippen LogP contribution in [0, 0.1) is 6.92 Å². The van der Waals surface area contributed by atoms with E-state index in [0.717, 1.165) is 21.0 Å². The molecule has 0 unspecified atom stereocenters. The molecular formula is C15H14N2O2S. The minimum Gasteiger partial charge on any atom is -0.497 e. The summed E-state index contributed by atoms with van der Waals surface area (Å²) < 4.78 is 5.13. The van der Waals surface area contributed by atoms with Gasteiger partial charge in [0, 0.05) is 11.3 Å². The van der Waals surface area contributed by atoms with Gasteiger partial charge in [-0.05, 0) is 30.7 Å². The Morgan fingerprint density at radius 2 is 2.05 bits per heavy atom. The van der Waals surface area contributed by atoms with Crippen LogP contribution in [-0.2, 0) is 6.42 Å². The summed E-state index contributed by atoms with van der Waals surface area (Å²) in [6.07, 6.45) is 0.603. The number of rotatable bonds is 3. The van der Waals surface area contributed by atoms with E-state index in [1.54, 1.807) is 18.4 Å². The van der Waals surface area contributed by atoms with Gasteiger partial charge in [0.25, 0.3) is 5.56 Å². The number of nitrogens with zero attached hydrogens (tertiary/aromatic N) is 1. The first-order chi connectivity index (χ1) is 9.65. The normalized spacial score (nSPS) is 10.9. The van der Waals surface area contributed by atoms with Gasteiger partial charge in [-0.3, -0.25) is 4.79 Å². The summed E-state index contributed by atoms with van der Waals surface area (Å²) in [7, 11) is 1.64. The minimum absolute atomic E-state index is 0.0668.